The summed E-state index contributed by atoms with van der Waals surface area (Å²) < 4.78 is 11.9. The minimum Gasteiger partial charge on any atom is -0.463 e. The molecule has 0 saturated carbocycles. The van der Waals surface area contributed by atoms with Crippen LogP contribution in [0.3, 0.4) is 0 Å². The van der Waals surface area contributed by atoms with E-state index in [1.165, 1.54) is 6.33 Å². The van der Waals surface area contributed by atoms with E-state index >= 15 is 0 Å². The quantitative estimate of drug-likeness (QED) is 0.562. The lowest BCUT2D eigenvalue weighted by molar-refractivity contribution is -0.149. The number of aromatic amines is 1. The molecule has 0 aromatic carbocycles. The third-order valence-corrected chi connectivity index (χ3v) is 2.67. The number of nitrogen functional groups attached to an aromatic ring is 1. The number of nitrogens with two attached hydrogens (primary N) is 1. The molecule has 21 heavy (non-hydrogen) atoms. The maximum Gasteiger partial charge on any atom is 0.308 e. The van der Waals surface area contributed by atoms with Crippen molar-refractivity contribution >= 4 is 23.1 Å². The lowest BCUT2D eigenvalue weighted by atomic mass is 10.2. The molecule has 114 valence electrons. The van der Waals surface area contributed by atoms with Crippen LogP contribution in [0, 0.1) is 5.92 Å². The van der Waals surface area contributed by atoms with E-state index in [1.54, 1.807) is 18.4 Å². The number of ether oxygens (including phenoxy) is 2. The molecule has 0 saturated heterocycles. The summed E-state index contributed by atoms with van der Waals surface area (Å²) >= 11 is 0. The van der Waals surface area contributed by atoms with Gasteiger partial charge in [0.05, 0.1) is 18.9 Å². The first-order valence-electron chi connectivity index (χ1n) is 6.44. The van der Waals surface area contributed by atoms with Crippen molar-refractivity contribution in [2.45, 2.75) is 20.6 Å². The molecule has 9 nitrogen and oxygen atoms in total. The zero-order chi connectivity index (χ0) is 15.4. The zero-order valence-corrected chi connectivity index (χ0v) is 11.8. The van der Waals surface area contributed by atoms with Crippen molar-refractivity contribution in [2.24, 2.45) is 5.92 Å². The predicted molar refractivity (Wildman–Crippen MR) is 74.3 cm³/mol. The summed E-state index contributed by atoms with van der Waals surface area (Å²) in [5.41, 5.74) is 5.62. The molecule has 2 aromatic heterocycles. The van der Waals surface area contributed by atoms with E-state index in [0.717, 1.165) is 0 Å². The lowest BCUT2D eigenvalue weighted by Gasteiger charge is -2.08. The Morgan fingerprint density at radius 3 is 2.95 bits per heavy atom. The Morgan fingerprint density at radius 1 is 1.48 bits per heavy atom. The monoisotopic (exact) mass is 295 g/mol. The molecule has 0 aliphatic rings. The number of carbonyl (C=O) groups is 1. The van der Waals surface area contributed by atoms with Crippen molar-refractivity contribution in [3.05, 3.63) is 16.7 Å². The van der Waals surface area contributed by atoms with E-state index in [9.17, 15) is 9.59 Å². The number of carbonyl (C=O) groups excluding carboxylic acids is 1. The molecule has 2 aromatic rings. The molecule has 9 heteroatoms. The minimum atomic E-state index is -0.401. The Morgan fingerprint density at radius 2 is 2.24 bits per heavy atom. The van der Waals surface area contributed by atoms with Gasteiger partial charge in [-0.1, -0.05) is 13.8 Å². The number of nitrogens with zero attached hydrogens (tertiary/aromatic N) is 3. The van der Waals surface area contributed by atoms with Crippen LogP contribution in [-0.2, 0) is 21.0 Å². The number of rotatable bonds is 6. The second-order valence-electron chi connectivity index (χ2n) is 4.70. The standard InChI is InChI=1S/C12H17N5O4/c1-7(2)11(19)21-4-3-20-6-17-5-14-8-9(17)15-12(13)16-10(8)18/h5,7H,3-4,6H2,1-2H3,(H3,13,15,16,18). The Hall–Kier alpha value is -2.42. The number of esters is 1. The molecule has 0 fully saturated rings. The molecule has 0 aliphatic heterocycles. The van der Waals surface area contributed by atoms with Crippen LogP contribution >= 0.6 is 0 Å². The second-order valence-corrected chi connectivity index (χ2v) is 4.70. The normalized spacial score (nSPS) is 11.2. The summed E-state index contributed by atoms with van der Waals surface area (Å²) in [6.45, 7) is 4.05. The molecule has 0 aliphatic carbocycles. The molecule has 3 N–H and O–H groups in total. The van der Waals surface area contributed by atoms with E-state index in [-0.39, 0.29) is 43.3 Å². The average Bonchev–Trinajstić information content (AvgIpc) is 2.81. The van der Waals surface area contributed by atoms with Crippen molar-refractivity contribution < 1.29 is 14.3 Å². The number of imidazole rings is 1. The van der Waals surface area contributed by atoms with Gasteiger partial charge in [-0.2, -0.15) is 4.98 Å². The van der Waals surface area contributed by atoms with Crippen LogP contribution in [0.2, 0.25) is 0 Å². The van der Waals surface area contributed by atoms with Crippen LogP contribution < -0.4 is 11.3 Å². The predicted octanol–water partition coefficient (Wildman–Crippen LogP) is -0.125. The first-order valence-corrected chi connectivity index (χ1v) is 6.44. The number of hydrogen-bond acceptors (Lipinski definition) is 7. The number of H-pyrrole nitrogens is 1. The SMILES string of the molecule is CC(C)C(=O)OCCOCn1cnc2c(=O)[nH]c(N)nc21. The lowest BCUT2D eigenvalue weighted by Crippen LogP contribution is -2.16. The molecule has 0 bridgehead atoms. The fourth-order valence-corrected chi connectivity index (χ4v) is 1.60. The maximum absolute atomic E-state index is 11.6. The minimum absolute atomic E-state index is 0.0140. The third-order valence-electron chi connectivity index (χ3n) is 2.67. The third kappa shape index (κ3) is 3.57. The molecule has 2 rings (SSSR count). The summed E-state index contributed by atoms with van der Waals surface area (Å²) in [5.74, 6) is -0.422. The number of nitrogens with one attached hydrogen (secondary N) is 1. The number of fused-ring (bicyclic) bond motifs is 1. The Kier molecular flexibility index (Phi) is 4.53. The highest BCUT2D eigenvalue weighted by Gasteiger charge is 2.10. The van der Waals surface area contributed by atoms with Crippen molar-refractivity contribution in [2.75, 3.05) is 18.9 Å². The molecular weight excluding hydrogens is 278 g/mol. The summed E-state index contributed by atoms with van der Waals surface area (Å²) in [4.78, 5) is 33.1. The van der Waals surface area contributed by atoms with Crippen LogP contribution in [0.1, 0.15) is 13.8 Å². The number of anilines is 1. The van der Waals surface area contributed by atoms with Crippen LogP contribution in [0.4, 0.5) is 5.95 Å². The average molecular weight is 295 g/mol. The van der Waals surface area contributed by atoms with E-state index in [4.69, 9.17) is 15.2 Å². The van der Waals surface area contributed by atoms with Crippen molar-refractivity contribution in [1.29, 1.82) is 0 Å². The van der Waals surface area contributed by atoms with Crippen LogP contribution in [0.15, 0.2) is 11.1 Å². The summed E-state index contributed by atoms with van der Waals surface area (Å²) in [5, 5.41) is 0. The molecule has 0 atom stereocenters. The van der Waals surface area contributed by atoms with E-state index in [2.05, 4.69) is 15.0 Å². The van der Waals surface area contributed by atoms with Crippen molar-refractivity contribution in [3.63, 3.8) is 0 Å². The first-order chi connectivity index (χ1) is 9.99. The Labute approximate surface area is 120 Å². The van der Waals surface area contributed by atoms with Gasteiger partial charge in [-0.05, 0) is 0 Å². The van der Waals surface area contributed by atoms with Gasteiger partial charge >= 0.3 is 5.97 Å². The highest BCUT2D eigenvalue weighted by molar-refractivity contribution is 5.71. The van der Waals surface area contributed by atoms with Crippen molar-refractivity contribution in [3.8, 4) is 0 Å². The highest BCUT2D eigenvalue weighted by Crippen LogP contribution is 2.06. The molecule has 0 unspecified atom stereocenters. The number of hydrogen-bond donors (Lipinski definition) is 2. The van der Waals surface area contributed by atoms with Gasteiger partial charge in [-0.25, -0.2) is 4.98 Å². The summed E-state index contributed by atoms with van der Waals surface area (Å²) in [6, 6.07) is 0. The summed E-state index contributed by atoms with van der Waals surface area (Å²) in [6.07, 6.45) is 1.44. The first kappa shape index (κ1) is 15.0. The largest absolute Gasteiger partial charge is 0.463 e. The van der Waals surface area contributed by atoms with Crippen molar-refractivity contribution in [1.82, 2.24) is 19.5 Å². The fraction of sp³-hybridized carbons (Fsp3) is 0.500. The molecule has 0 amide bonds. The van der Waals surface area contributed by atoms with Gasteiger partial charge in [0.15, 0.2) is 11.2 Å². The van der Waals surface area contributed by atoms with Gasteiger partial charge in [0.2, 0.25) is 5.95 Å². The van der Waals surface area contributed by atoms with Gasteiger partial charge < -0.3 is 15.2 Å². The molecule has 0 radical (unpaired) electrons. The Bertz CT molecular complexity index is 691. The van der Waals surface area contributed by atoms with E-state index in [0.29, 0.717) is 5.65 Å². The van der Waals surface area contributed by atoms with Crippen LogP contribution in [-0.4, -0.2) is 38.7 Å². The van der Waals surface area contributed by atoms with Gasteiger partial charge in [0.25, 0.3) is 5.56 Å². The zero-order valence-electron chi connectivity index (χ0n) is 11.8. The number of aromatic nitrogens is 4. The molecule has 0 spiro atoms. The van der Waals surface area contributed by atoms with Crippen LogP contribution in [0.25, 0.3) is 11.2 Å². The van der Waals surface area contributed by atoms with Gasteiger partial charge in [-0.15, -0.1) is 0 Å². The fourth-order valence-electron chi connectivity index (χ4n) is 1.60. The highest BCUT2D eigenvalue weighted by atomic mass is 16.6. The van der Waals surface area contributed by atoms with Gasteiger partial charge in [-0.3, -0.25) is 19.1 Å². The smallest absolute Gasteiger partial charge is 0.308 e. The Balaban J connectivity index is 1.90. The topological polar surface area (TPSA) is 125 Å². The van der Waals surface area contributed by atoms with E-state index in [1.807, 2.05) is 0 Å². The molecular formula is C12H17N5O4. The van der Waals surface area contributed by atoms with E-state index < -0.39 is 5.56 Å². The van der Waals surface area contributed by atoms with Gasteiger partial charge in [0, 0.05) is 0 Å². The van der Waals surface area contributed by atoms with Crippen LogP contribution in [0.5, 0.6) is 0 Å². The summed E-state index contributed by atoms with van der Waals surface area (Å²) in [7, 11) is 0. The van der Waals surface area contributed by atoms with Gasteiger partial charge in [0.1, 0.15) is 13.3 Å². The second kappa shape index (κ2) is 6.35. The maximum atomic E-state index is 11.6. The molecule has 2 heterocycles.